The molecule has 0 bridgehead atoms. The lowest BCUT2D eigenvalue weighted by Crippen LogP contribution is -2.49. The van der Waals surface area contributed by atoms with Crippen molar-refractivity contribution < 1.29 is 19.1 Å². The van der Waals surface area contributed by atoms with E-state index in [1.807, 2.05) is 55.5 Å². The highest BCUT2D eigenvalue weighted by molar-refractivity contribution is 5.87. The highest BCUT2D eigenvalue weighted by Gasteiger charge is 2.25. The summed E-state index contributed by atoms with van der Waals surface area (Å²) in [5.74, 6) is 1.14. The van der Waals surface area contributed by atoms with Crippen LogP contribution < -0.4 is 14.8 Å². The minimum absolute atomic E-state index is 0.0372. The van der Waals surface area contributed by atoms with Crippen LogP contribution in [0.1, 0.15) is 37.8 Å². The molecule has 2 rings (SSSR count). The van der Waals surface area contributed by atoms with Crippen LogP contribution in [0.2, 0.25) is 0 Å². The largest absolute Gasteiger partial charge is 0.493 e. The second-order valence-corrected chi connectivity index (χ2v) is 7.48. The third kappa shape index (κ3) is 7.31. The van der Waals surface area contributed by atoms with Crippen LogP contribution in [0.15, 0.2) is 48.5 Å². The van der Waals surface area contributed by atoms with E-state index in [2.05, 4.69) is 5.32 Å². The topological polar surface area (TPSA) is 67.9 Å². The molecule has 0 saturated carbocycles. The van der Waals surface area contributed by atoms with Crippen LogP contribution in [0, 0.1) is 0 Å². The molecular weight excluding hydrogens is 392 g/mol. The van der Waals surface area contributed by atoms with Crippen molar-refractivity contribution in [2.45, 2.75) is 45.6 Å². The summed E-state index contributed by atoms with van der Waals surface area (Å²) in [5.41, 5.74) is 2.12. The molecule has 0 unspecified atom stereocenters. The van der Waals surface area contributed by atoms with E-state index in [0.717, 1.165) is 17.5 Å². The summed E-state index contributed by atoms with van der Waals surface area (Å²) in [6.07, 6.45) is 2.43. The van der Waals surface area contributed by atoms with Crippen molar-refractivity contribution in [3.05, 3.63) is 59.7 Å². The Kier molecular flexibility index (Phi) is 9.88. The Balaban J connectivity index is 2.08. The van der Waals surface area contributed by atoms with Crippen molar-refractivity contribution in [2.75, 3.05) is 27.3 Å². The first-order chi connectivity index (χ1) is 15.0. The number of aryl methyl sites for hydroxylation is 1. The second-order valence-electron chi connectivity index (χ2n) is 7.48. The molecule has 2 aromatic carbocycles. The van der Waals surface area contributed by atoms with Gasteiger partial charge in [-0.15, -0.1) is 0 Å². The summed E-state index contributed by atoms with van der Waals surface area (Å²) >= 11 is 0. The van der Waals surface area contributed by atoms with Gasteiger partial charge in [0.15, 0.2) is 11.5 Å². The fourth-order valence-electron chi connectivity index (χ4n) is 3.40. The number of benzene rings is 2. The maximum absolute atomic E-state index is 13.1. The van der Waals surface area contributed by atoms with Gasteiger partial charge in [0.25, 0.3) is 0 Å². The molecule has 0 saturated heterocycles. The third-order valence-electron chi connectivity index (χ3n) is 5.28. The zero-order valence-electron chi connectivity index (χ0n) is 19.0. The maximum atomic E-state index is 13.1. The molecule has 2 amide bonds. The van der Waals surface area contributed by atoms with E-state index in [-0.39, 0.29) is 11.8 Å². The van der Waals surface area contributed by atoms with Crippen LogP contribution in [0.4, 0.5) is 0 Å². The first-order valence-corrected chi connectivity index (χ1v) is 10.8. The quantitative estimate of drug-likeness (QED) is 0.563. The normalized spacial score (nSPS) is 11.5. The molecule has 0 radical (unpaired) electrons. The highest BCUT2D eigenvalue weighted by Crippen LogP contribution is 2.28. The predicted octanol–water partition coefficient (Wildman–Crippen LogP) is 3.62. The average molecular weight is 427 g/mol. The molecule has 0 aliphatic rings. The van der Waals surface area contributed by atoms with Gasteiger partial charge >= 0.3 is 0 Å². The summed E-state index contributed by atoms with van der Waals surface area (Å²) in [5, 5.41) is 2.90. The number of hydrogen-bond acceptors (Lipinski definition) is 4. The number of carbonyl (C=O) groups is 2. The molecule has 31 heavy (non-hydrogen) atoms. The Morgan fingerprint density at radius 3 is 2.32 bits per heavy atom. The van der Waals surface area contributed by atoms with Crippen molar-refractivity contribution in [3.63, 3.8) is 0 Å². The van der Waals surface area contributed by atoms with E-state index in [1.165, 1.54) is 0 Å². The molecule has 0 aromatic heterocycles. The zero-order chi connectivity index (χ0) is 22.6. The van der Waals surface area contributed by atoms with Gasteiger partial charge in [-0.1, -0.05) is 43.3 Å². The molecule has 6 nitrogen and oxygen atoms in total. The van der Waals surface area contributed by atoms with Crippen molar-refractivity contribution >= 4 is 11.8 Å². The van der Waals surface area contributed by atoms with Crippen LogP contribution >= 0.6 is 0 Å². The zero-order valence-corrected chi connectivity index (χ0v) is 19.0. The maximum Gasteiger partial charge on any atom is 0.242 e. The third-order valence-corrected chi connectivity index (χ3v) is 5.28. The molecule has 0 heterocycles. The minimum Gasteiger partial charge on any atom is -0.493 e. The van der Waals surface area contributed by atoms with E-state index in [4.69, 9.17) is 9.47 Å². The van der Waals surface area contributed by atoms with Gasteiger partial charge < -0.3 is 19.7 Å². The first kappa shape index (κ1) is 24.3. The number of methoxy groups -OCH3 is 2. The van der Waals surface area contributed by atoms with E-state index < -0.39 is 6.04 Å². The Hall–Kier alpha value is -3.02. The van der Waals surface area contributed by atoms with Gasteiger partial charge in [-0.05, 0) is 49.4 Å². The Bertz CT molecular complexity index is 839. The number of nitrogens with zero attached hydrogens (tertiary/aromatic N) is 1. The average Bonchev–Trinajstić information content (AvgIpc) is 2.81. The minimum atomic E-state index is -0.520. The number of rotatable bonds is 12. The molecule has 168 valence electrons. The first-order valence-electron chi connectivity index (χ1n) is 10.8. The van der Waals surface area contributed by atoms with Crippen molar-refractivity contribution in [1.29, 1.82) is 0 Å². The van der Waals surface area contributed by atoms with Gasteiger partial charge in [-0.25, -0.2) is 0 Å². The van der Waals surface area contributed by atoms with Gasteiger partial charge in [0.05, 0.1) is 14.2 Å². The summed E-state index contributed by atoms with van der Waals surface area (Å²) in [6.45, 7) is 4.90. The second kappa shape index (κ2) is 12.6. The lowest BCUT2D eigenvalue weighted by Gasteiger charge is -2.29. The Morgan fingerprint density at radius 1 is 0.968 bits per heavy atom. The summed E-state index contributed by atoms with van der Waals surface area (Å²) in [7, 11) is 3.19. The van der Waals surface area contributed by atoms with Crippen molar-refractivity contribution in [1.82, 2.24) is 10.2 Å². The number of carbonyl (C=O) groups excluding carboxylic acids is 2. The van der Waals surface area contributed by atoms with E-state index in [1.54, 1.807) is 26.0 Å². The number of ether oxygens (including phenoxy) is 2. The van der Waals surface area contributed by atoms with E-state index in [0.29, 0.717) is 43.9 Å². The predicted molar refractivity (Wildman–Crippen MR) is 122 cm³/mol. The van der Waals surface area contributed by atoms with E-state index >= 15 is 0 Å². The molecule has 6 heteroatoms. The van der Waals surface area contributed by atoms with Crippen LogP contribution in [0.25, 0.3) is 0 Å². The summed E-state index contributed by atoms with van der Waals surface area (Å²) < 4.78 is 10.6. The lowest BCUT2D eigenvalue weighted by atomic mass is 10.1. The fraction of sp³-hybridized carbons (Fsp3) is 0.440. The van der Waals surface area contributed by atoms with E-state index in [9.17, 15) is 9.59 Å². The molecule has 0 spiro atoms. The van der Waals surface area contributed by atoms with Crippen LogP contribution in [0.5, 0.6) is 11.5 Å². The molecule has 2 aromatic rings. The molecule has 1 atom stereocenters. The molecule has 1 N–H and O–H groups in total. The lowest BCUT2D eigenvalue weighted by molar-refractivity contribution is -0.139. The van der Waals surface area contributed by atoms with Crippen LogP contribution in [-0.4, -0.2) is 50.1 Å². The summed E-state index contributed by atoms with van der Waals surface area (Å²) in [4.78, 5) is 27.4. The van der Waals surface area contributed by atoms with Gasteiger partial charge in [0.1, 0.15) is 6.04 Å². The van der Waals surface area contributed by atoms with Crippen molar-refractivity contribution in [2.24, 2.45) is 0 Å². The number of nitrogens with one attached hydrogen (secondary N) is 1. The van der Waals surface area contributed by atoms with Gasteiger partial charge in [0.2, 0.25) is 11.8 Å². The van der Waals surface area contributed by atoms with Crippen molar-refractivity contribution in [3.8, 4) is 11.5 Å². The monoisotopic (exact) mass is 426 g/mol. The van der Waals surface area contributed by atoms with Gasteiger partial charge in [-0.2, -0.15) is 0 Å². The molecular formula is C25H34N2O4. The molecule has 0 aliphatic heterocycles. The number of amides is 2. The smallest absolute Gasteiger partial charge is 0.242 e. The molecule has 0 aliphatic carbocycles. The SMILES string of the molecule is CCCNC(=O)[C@H](C)N(CCc1ccccc1)C(=O)CCc1ccc(OC)c(OC)c1. The number of hydrogen-bond donors (Lipinski definition) is 1. The molecule has 0 fully saturated rings. The van der Waals surface area contributed by atoms with Crippen LogP contribution in [0.3, 0.4) is 0 Å². The highest BCUT2D eigenvalue weighted by atomic mass is 16.5. The van der Waals surface area contributed by atoms with Gasteiger partial charge in [0, 0.05) is 19.5 Å². The Labute approximate surface area is 185 Å². The Morgan fingerprint density at radius 2 is 1.68 bits per heavy atom. The van der Waals surface area contributed by atoms with Crippen LogP contribution in [-0.2, 0) is 22.4 Å². The van der Waals surface area contributed by atoms with Gasteiger partial charge in [-0.3, -0.25) is 9.59 Å². The fourth-order valence-corrected chi connectivity index (χ4v) is 3.40. The standard InChI is InChI=1S/C25H34N2O4/c1-5-16-26-25(29)19(2)27(17-15-20-9-7-6-8-10-20)24(28)14-12-21-11-13-22(30-3)23(18-21)31-4/h6-11,13,18-19H,5,12,14-17H2,1-4H3,(H,26,29)/t19-/m0/s1. The summed E-state index contributed by atoms with van der Waals surface area (Å²) in [6, 6.07) is 15.1.